The summed E-state index contributed by atoms with van der Waals surface area (Å²) >= 11 is 5.52. The van der Waals surface area contributed by atoms with E-state index < -0.39 is 11.9 Å². The van der Waals surface area contributed by atoms with Gasteiger partial charge >= 0.3 is 29.0 Å². The first-order valence-corrected chi connectivity index (χ1v) is 16.2. The van der Waals surface area contributed by atoms with Crippen LogP contribution in [-0.4, -0.2) is 32.1 Å². The van der Waals surface area contributed by atoms with E-state index in [4.69, 9.17) is 31.5 Å². The van der Waals surface area contributed by atoms with Crippen LogP contribution in [0.5, 0.6) is 0 Å². The molecule has 8 bridgehead atoms. The summed E-state index contributed by atoms with van der Waals surface area (Å²) in [5.41, 5.74) is 12.6. The molecule has 6 rings (SSSR count). The van der Waals surface area contributed by atoms with Gasteiger partial charge in [-0.15, -0.1) is 33.7 Å². The van der Waals surface area contributed by atoms with Gasteiger partial charge in [-0.3, -0.25) is 9.59 Å². The normalized spacial score (nSPS) is 12.2. The number of hydrogen-bond acceptors (Lipinski definition) is 4. The third-order valence-electron chi connectivity index (χ3n) is 8.74. The molecule has 0 spiro atoms. The first-order valence-electron chi connectivity index (χ1n) is 15.8. The van der Waals surface area contributed by atoms with Crippen LogP contribution in [-0.2, 0) is 33.1 Å². The Hall–Kier alpha value is -4.95. The topological polar surface area (TPSA) is 129 Å². The number of benzene rings is 1. The van der Waals surface area contributed by atoms with E-state index in [2.05, 4.69) is 19.2 Å². The molecule has 0 amide bonds. The maximum atomic E-state index is 11.5. The minimum Gasteiger partial charge on any atom is -0.657 e. The van der Waals surface area contributed by atoms with Crippen molar-refractivity contribution in [1.82, 2.24) is 19.9 Å². The Labute approximate surface area is 306 Å². The molecule has 0 aliphatic carbocycles. The van der Waals surface area contributed by atoms with Crippen LogP contribution in [0.15, 0.2) is 67.8 Å². The summed E-state index contributed by atoms with van der Waals surface area (Å²) < 4.78 is 0. The molecular formula is C40H36ClFeN4O4. The van der Waals surface area contributed by atoms with E-state index in [0.717, 1.165) is 66.3 Å². The van der Waals surface area contributed by atoms with Gasteiger partial charge in [-0.1, -0.05) is 71.3 Å². The summed E-state index contributed by atoms with van der Waals surface area (Å²) in [6.07, 6.45) is 4.06. The molecule has 0 saturated heterocycles. The molecule has 10 heteroatoms. The van der Waals surface area contributed by atoms with Gasteiger partial charge in [-0.05, 0) is 62.8 Å². The molecule has 4 aromatic rings. The van der Waals surface area contributed by atoms with Crippen molar-refractivity contribution in [2.75, 3.05) is 0 Å². The number of halogens is 1. The number of fused-ring (bicyclic) bond motifs is 8. The maximum absolute atomic E-state index is 11.5. The quantitative estimate of drug-likeness (QED) is 0.136. The Morgan fingerprint density at radius 3 is 1.90 bits per heavy atom. The van der Waals surface area contributed by atoms with E-state index in [1.165, 1.54) is 0 Å². The second-order valence-electron chi connectivity index (χ2n) is 11.8. The first-order chi connectivity index (χ1) is 23.4. The molecule has 50 heavy (non-hydrogen) atoms. The van der Waals surface area contributed by atoms with Gasteiger partial charge in [-0.25, -0.2) is 9.97 Å². The molecule has 2 N–H and O–H groups in total. The third-order valence-corrected chi connectivity index (χ3v) is 8.99. The average Bonchev–Trinajstić information content (AvgIpc) is 3.72. The number of aromatic nitrogens is 4. The number of carboxylic acid groups (broad SMARTS) is 2. The number of nitrogens with zero attached hydrogens (tertiary/aromatic N) is 4. The summed E-state index contributed by atoms with van der Waals surface area (Å²) in [7, 11) is 0. The average molecular weight is 728 g/mol. The zero-order chi connectivity index (χ0) is 35.4. The first kappa shape index (κ1) is 37.9. The van der Waals surface area contributed by atoms with Crippen molar-refractivity contribution in [3.8, 4) is 0 Å². The minimum atomic E-state index is -0.898. The molecule has 2 aliphatic rings. The molecule has 1 aromatic carbocycles. The van der Waals surface area contributed by atoms with Crippen LogP contribution in [0.3, 0.4) is 0 Å². The van der Waals surface area contributed by atoms with Crippen molar-refractivity contribution in [2.24, 2.45) is 0 Å². The van der Waals surface area contributed by atoms with Gasteiger partial charge in [-0.2, -0.15) is 30.3 Å². The minimum absolute atomic E-state index is 0. The van der Waals surface area contributed by atoms with Gasteiger partial charge in [0, 0.05) is 18.4 Å². The second-order valence-corrected chi connectivity index (χ2v) is 12.2. The van der Waals surface area contributed by atoms with Crippen molar-refractivity contribution in [3.63, 3.8) is 0 Å². The maximum Gasteiger partial charge on any atom is 3.00 e. The zero-order valence-electron chi connectivity index (χ0n) is 28.2. The van der Waals surface area contributed by atoms with Crippen LogP contribution in [0.2, 0.25) is 5.02 Å². The van der Waals surface area contributed by atoms with Crippen LogP contribution in [0.1, 0.15) is 78.1 Å². The van der Waals surface area contributed by atoms with Crippen LogP contribution < -0.4 is 9.97 Å². The van der Waals surface area contributed by atoms with Crippen LogP contribution in [0.25, 0.3) is 50.4 Å². The summed E-state index contributed by atoms with van der Waals surface area (Å²) in [4.78, 5) is 42.7. The molecule has 8 nitrogen and oxygen atoms in total. The van der Waals surface area contributed by atoms with Gasteiger partial charge in [0.2, 0.25) is 0 Å². The van der Waals surface area contributed by atoms with Gasteiger partial charge < -0.3 is 20.2 Å². The van der Waals surface area contributed by atoms with Gasteiger partial charge in [0.15, 0.2) is 0 Å². The Bertz CT molecular complexity index is 2230. The van der Waals surface area contributed by atoms with Crippen molar-refractivity contribution >= 4 is 74.0 Å². The zero-order valence-corrected chi connectivity index (χ0v) is 30.1. The molecule has 255 valence electrons. The predicted molar refractivity (Wildman–Crippen MR) is 197 cm³/mol. The van der Waals surface area contributed by atoms with Crippen molar-refractivity contribution < 1.29 is 36.9 Å². The van der Waals surface area contributed by atoms with E-state index in [1.54, 1.807) is 36.4 Å². The Morgan fingerprint density at radius 1 is 0.760 bits per heavy atom. The molecule has 2 aliphatic heterocycles. The smallest absolute Gasteiger partial charge is 0.657 e. The molecule has 0 unspecified atom stereocenters. The number of rotatable bonds is 8. The SMILES string of the molecule is C=CC1=C(C)c2cc3[n-]c(cc4nc(cc5[n-]c(cc1n2)c(C)c5CCC(=O)O)C(CCC(=O)O)=C4C)c(C)c3C=C.Clc1cc[c-]cc1.[Fe+3]. The Kier molecular flexibility index (Phi) is 12.2. The molecule has 0 saturated carbocycles. The molecule has 3 aromatic heterocycles. The number of aryl methyl sites for hydroxylation is 3. The number of carboxylic acids is 2. The standard InChI is InChI=1S/C34H34N4O4.C6H4Cl.Fe/c1-7-21-17(3)25-13-26-19(5)23(9-11-33(39)40)31(37-26)16-32-24(10-12-34(41)42)20(6)28(38-32)15-30-22(8-2)18(4)27(36-30)14-29(21)35-25;7-6-4-2-1-3-5-6;/h7-8,13-16H,1-2,9-12H2,3-6H3,(H4,35,36,37,38,39,40,41,42);2-5H;/q;-1;+3/p-2. The Morgan fingerprint density at radius 2 is 1.30 bits per heavy atom. The van der Waals surface area contributed by atoms with Crippen LogP contribution in [0.4, 0.5) is 0 Å². The van der Waals surface area contributed by atoms with Crippen molar-refractivity contribution in [2.45, 2.75) is 53.4 Å². The molecule has 0 fully saturated rings. The number of carbonyl (C=O) groups is 2. The van der Waals surface area contributed by atoms with Gasteiger partial charge in [0.25, 0.3) is 0 Å². The van der Waals surface area contributed by atoms with Gasteiger partial charge in [0.1, 0.15) is 0 Å². The fourth-order valence-corrected chi connectivity index (χ4v) is 6.11. The van der Waals surface area contributed by atoms with E-state index in [-0.39, 0.29) is 29.9 Å². The summed E-state index contributed by atoms with van der Waals surface area (Å²) in [5.74, 6) is -1.80. The monoisotopic (exact) mass is 727 g/mol. The third kappa shape index (κ3) is 8.08. The van der Waals surface area contributed by atoms with E-state index in [0.29, 0.717) is 41.0 Å². The van der Waals surface area contributed by atoms with E-state index in [9.17, 15) is 19.8 Å². The summed E-state index contributed by atoms with van der Waals surface area (Å²) in [6.45, 7) is 15.9. The summed E-state index contributed by atoms with van der Waals surface area (Å²) in [5, 5.41) is 19.6. The number of aliphatic carboxylic acids is 2. The molecule has 1 radical (unpaired) electrons. The number of allylic oxidation sites excluding steroid dienone is 5. The summed E-state index contributed by atoms with van der Waals surface area (Å²) in [6, 6.07) is 17.6. The molecule has 0 atom stereocenters. The van der Waals surface area contributed by atoms with Crippen molar-refractivity contribution in [1.29, 1.82) is 0 Å². The van der Waals surface area contributed by atoms with Crippen LogP contribution >= 0.6 is 11.6 Å². The molecule has 5 heterocycles. The van der Waals surface area contributed by atoms with Gasteiger partial charge in [0.05, 0.1) is 22.8 Å². The van der Waals surface area contributed by atoms with E-state index in [1.807, 2.05) is 52.0 Å². The predicted octanol–water partition coefficient (Wildman–Crippen LogP) is 8.90. The Balaban J connectivity index is 0.000000627. The largest absolute Gasteiger partial charge is 3.00 e. The fourth-order valence-electron chi connectivity index (χ4n) is 5.98. The number of hydrogen-bond donors (Lipinski definition) is 2. The van der Waals surface area contributed by atoms with Crippen LogP contribution in [0, 0.1) is 19.9 Å². The second kappa shape index (κ2) is 16.2. The van der Waals surface area contributed by atoms with Crippen molar-refractivity contribution in [3.05, 3.63) is 124 Å². The fraction of sp³-hybridized carbons (Fsp3) is 0.200. The molecular weight excluding hydrogens is 692 g/mol. The van der Waals surface area contributed by atoms with E-state index >= 15 is 0 Å².